The summed E-state index contributed by atoms with van der Waals surface area (Å²) >= 11 is 1.16. The number of aromatic nitrogens is 1. The number of anilines is 1. The van der Waals surface area contributed by atoms with Crippen LogP contribution in [0, 0.1) is 29.1 Å². The molecule has 0 unspecified atom stereocenters. The summed E-state index contributed by atoms with van der Waals surface area (Å²) in [6.45, 7) is 9.67. The third-order valence-electron chi connectivity index (χ3n) is 8.97. The molecular formula is C35H45N3O5S. The third-order valence-corrected chi connectivity index (χ3v) is 10.00. The number of hydrogen-bond donors (Lipinski definition) is 1. The van der Waals surface area contributed by atoms with Crippen molar-refractivity contribution in [2.45, 2.75) is 111 Å². The number of carbonyl (C=O) groups is 3. The zero-order valence-corrected chi connectivity index (χ0v) is 27.3. The van der Waals surface area contributed by atoms with E-state index in [0.29, 0.717) is 48.2 Å². The van der Waals surface area contributed by atoms with Crippen LogP contribution in [0.4, 0.5) is 5.69 Å². The predicted molar refractivity (Wildman–Crippen MR) is 172 cm³/mol. The number of amides is 2. The number of aromatic carboxylic acids is 1. The minimum Gasteiger partial charge on any atom is -0.477 e. The van der Waals surface area contributed by atoms with E-state index in [1.165, 1.54) is 0 Å². The van der Waals surface area contributed by atoms with Gasteiger partial charge in [0.2, 0.25) is 17.7 Å². The van der Waals surface area contributed by atoms with Crippen molar-refractivity contribution >= 4 is 34.8 Å². The van der Waals surface area contributed by atoms with Crippen LogP contribution in [-0.4, -0.2) is 51.5 Å². The Balaban J connectivity index is 1.30. The first-order valence-electron chi connectivity index (χ1n) is 16.1. The molecule has 2 aromatic rings. The highest BCUT2D eigenvalue weighted by atomic mass is 32.1. The van der Waals surface area contributed by atoms with Gasteiger partial charge in [-0.2, -0.15) is 0 Å². The smallest absolute Gasteiger partial charge is 0.348 e. The van der Waals surface area contributed by atoms with Crippen molar-refractivity contribution in [2.24, 2.45) is 17.3 Å². The van der Waals surface area contributed by atoms with Gasteiger partial charge >= 0.3 is 5.97 Å². The van der Waals surface area contributed by atoms with Crippen molar-refractivity contribution in [3.05, 3.63) is 39.7 Å². The lowest BCUT2D eigenvalue weighted by Gasteiger charge is -2.39. The second-order valence-corrected chi connectivity index (χ2v) is 14.8. The summed E-state index contributed by atoms with van der Waals surface area (Å²) in [5, 5.41) is 10.2. The van der Waals surface area contributed by atoms with Crippen LogP contribution in [0.5, 0.6) is 5.88 Å². The number of carboxylic acids is 1. The van der Waals surface area contributed by atoms with Crippen molar-refractivity contribution in [2.75, 3.05) is 11.4 Å². The maximum atomic E-state index is 14.2. The van der Waals surface area contributed by atoms with Gasteiger partial charge in [0.25, 0.3) is 0 Å². The van der Waals surface area contributed by atoms with Gasteiger partial charge in [0, 0.05) is 49.1 Å². The number of carbonyl (C=O) groups excluding carboxylic acids is 2. The molecule has 2 amide bonds. The monoisotopic (exact) mass is 619 g/mol. The van der Waals surface area contributed by atoms with Crippen LogP contribution in [0.25, 0.3) is 0 Å². The van der Waals surface area contributed by atoms with Crippen LogP contribution in [0.3, 0.4) is 0 Å². The average Bonchev–Trinajstić information content (AvgIpc) is 3.60. The number of thiophene rings is 1. The Morgan fingerprint density at radius 2 is 1.84 bits per heavy atom. The maximum Gasteiger partial charge on any atom is 0.348 e. The summed E-state index contributed by atoms with van der Waals surface area (Å²) in [5.41, 5.74) is 1.25. The maximum absolute atomic E-state index is 14.2. The fraction of sp³-hybridized carbons (Fsp3) is 0.600. The standard InChI is InChI=1S/C35H45N3O5S/c1-23-7-10-25(11-8-23)33(40)38(29-20-28(17-18-35(2,3)4)44-32(29)34(41)42)26-12-14-27(15-13-26)43-30-16-9-24(21-36-30)22-37-19-5-6-31(37)39/h9,16,20-21,23,25-27H,5-8,10-15,19,22H2,1-4H3,(H,41,42)/t23-,25-,26-,27-. The van der Waals surface area contributed by atoms with E-state index >= 15 is 0 Å². The van der Waals surface area contributed by atoms with E-state index in [-0.39, 0.29) is 40.2 Å². The van der Waals surface area contributed by atoms with Gasteiger partial charge in [0.1, 0.15) is 11.0 Å². The Hall–Kier alpha value is -3.38. The topological polar surface area (TPSA) is 100 Å². The quantitative estimate of drug-likeness (QED) is 0.322. The molecule has 9 heteroatoms. The third kappa shape index (κ3) is 8.01. The Kier molecular flexibility index (Phi) is 9.99. The normalized spacial score (nSPS) is 24.0. The lowest BCUT2D eigenvalue weighted by atomic mass is 9.81. The molecule has 0 aromatic carbocycles. The lowest BCUT2D eigenvalue weighted by molar-refractivity contribution is -0.128. The van der Waals surface area contributed by atoms with Crippen molar-refractivity contribution in [1.29, 1.82) is 0 Å². The summed E-state index contributed by atoms with van der Waals surface area (Å²) in [6, 6.07) is 5.55. The molecule has 0 spiro atoms. The van der Waals surface area contributed by atoms with Gasteiger partial charge in [-0.1, -0.05) is 24.8 Å². The first-order valence-corrected chi connectivity index (χ1v) is 16.9. The van der Waals surface area contributed by atoms with E-state index in [1.807, 2.05) is 48.8 Å². The lowest BCUT2D eigenvalue weighted by Crippen LogP contribution is -2.47. The number of likely N-dealkylation sites (tertiary alicyclic amines) is 1. The van der Waals surface area contributed by atoms with Gasteiger partial charge in [-0.3, -0.25) is 9.59 Å². The molecule has 0 atom stereocenters. The molecule has 1 saturated heterocycles. The zero-order chi connectivity index (χ0) is 31.4. The molecule has 3 fully saturated rings. The molecule has 3 aliphatic rings. The Morgan fingerprint density at radius 3 is 2.43 bits per heavy atom. The summed E-state index contributed by atoms with van der Waals surface area (Å²) in [7, 11) is 0. The van der Waals surface area contributed by atoms with Crippen molar-refractivity contribution in [3.8, 4) is 17.7 Å². The first kappa shape index (κ1) is 32.0. The van der Waals surface area contributed by atoms with Gasteiger partial charge < -0.3 is 19.6 Å². The molecule has 1 N–H and O–H groups in total. The second-order valence-electron chi connectivity index (χ2n) is 13.8. The number of carboxylic acid groups (broad SMARTS) is 1. The summed E-state index contributed by atoms with van der Waals surface area (Å²) in [4.78, 5) is 47.6. The molecule has 0 bridgehead atoms. The first-order chi connectivity index (χ1) is 21.0. The molecule has 44 heavy (non-hydrogen) atoms. The summed E-state index contributed by atoms with van der Waals surface area (Å²) in [6.07, 6.45) is 9.90. The molecule has 2 saturated carbocycles. The van der Waals surface area contributed by atoms with E-state index < -0.39 is 5.97 Å². The highest BCUT2D eigenvalue weighted by Gasteiger charge is 2.38. The number of pyridine rings is 1. The van der Waals surface area contributed by atoms with Crippen LogP contribution in [-0.2, 0) is 16.1 Å². The Bertz CT molecular complexity index is 1400. The second kappa shape index (κ2) is 13.7. The van der Waals surface area contributed by atoms with Gasteiger partial charge in [-0.25, -0.2) is 9.78 Å². The summed E-state index contributed by atoms with van der Waals surface area (Å²) in [5.74, 6) is 6.67. The minimum atomic E-state index is -1.02. The van der Waals surface area contributed by atoms with Crippen LogP contribution in [0.15, 0.2) is 24.4 Å². The van der Waals surface area contributed by atoms with Crippen LogP contribution < -0.4 is 9.64 Å². The number of rotatable bonds is 8. The van der Waals surface area contributed by atoms with E-state index in [4.69, 9.17) is 4.74 Å². The molecule has 8 nitrogen and oxygen atoms in total. The predicted octanol–water partition coefficient (Wildman–Crippen LogP) is 6.91. The van der Waals surface area contributed by atoms with Gasteiger partial charge in [-0.05, 0) is 96.1 Å². The summed E-state index contributed by atoms with van der Waals surface area (Å²) < 4.78 is 6.25. The van der Waals surface area contributed by atoms with E-state index in [9.17, 15) is 19.5 Å². The fourth-order valence-corrected chi connectivity index (χ4v) is 7.32. The van der Waals surface area contributed by atoms with Crippen molar-refractivity contribution in [3.63, 3.8) is 0 Å². The van der Waals surface area contributed by atoms with Crippen LogP contribution in [0.1, 0.15) is 112 Å². The van der Waals surface area contributed by atoms with E-state index in [1.54, 1.807) is 6.20 Å². The molecular weight excluding hydrogens is 574 g/mol. The molecule has 3 heterocycles. The van der Waals surface area contributed by atoms with E-state index in [2.05, 4.69) is 23.7 Å². The average molecular weight is 620 g/mol. The SMILES string of the molecule is CC(C)(C)C#Cc1cc(N(C(=O)[C@H]2CC[C@H](C)CC2)[C@H]2CC[C@H](Oc3ccc(CN4CCCC4=O)cn3)CC2)c(C(=O)O)s1. The van der Waals surface area contributed by atoms with E-state index in [0.717, 1.165) is 68.4 Å². The molecule has 236 valence electrons. The Morgan fingerprint density at radius 1 is 1.11 bits per heavy atom. The van der Waals surface area contributed by atoms with Crippen molar-refractivity contribution in [1.82, 2.24) is 9.88 Å². The molecule has 5 rings (SSSR count). The Labute approximate surface area is 265 Å². The van der Waals surface area contributed by atoms with Gasteiger partial charge in [0.05, 0.1) is 10.6 Å². The molecule has 1 aliphatic heterocycles. The highest BCUT2D eigenvalue weighted by molar-refractivity contribution is 7.15. The zero-order valence-electron chi connectivity index (χ0n) is 26.4. The largest absolute Gasteiger partial charge is 0.477 e. The molecule has 2 aliphatic carbocycles. The number of ether oxygens (including phenoxy) is 1. The van der Waals surface area contributed by atoms with Crippen molar-refractivity contribution < 1.29 is 24.2 Å². The number of nitrogens with zero attached hydrogens (tertiary/aromatic N) is 3. The number of hydrogen-bond acceptors (Lipinski definition) is 6. The molecule has 0 radical (unpaired) electrons. The molecule has 2 aromatic heterocycles. The van der Waals surface area contributed by atoms with Crippen LogP contribution in [0.2, 0.25) is 0 Å². The highest BCUT2D eigenvalue weighted by Crippen LogP contribution is 2.39. The van der Waals surface area contributed by atoms with Crippen LogP contribution >= 0.6 is 11.3 Å². The van der Waals surface area contributed by atoms with Gasteiger partial charge in [-0.15, -0.1) is 11.3 Å². The minimum absolute atomic E-state index is 0.0353. The van der Waals surface area contributed by atoms with Gasteiger partial charge in [0.15, 0.2) is 0 Å². The fourth-order valence-electron chi connectivity index (χ4n) is 6.48.